The van der Waals surface area contributed by atoms with E-state index in [4.69, 9.17) is 16.6 Å². The van der Waals surface area contributed by atoms with E-state index in [1.165, 1.54) is 5.56 Å². The third-order valence-electron chi connectivity index (χ3n) is 5.55. The number of benzene rings is 2. The van der Waals surface area contributed by atoms with Gasteiger partial charge in [0.25, 0.3) is 0 Å². The zero-order chi connectivity index (χ0) is 22.2. The first-order valence-corrected chi connectivity index (χ1v) is 11.4. The molecule has 0 aliphatic carbocycles. The minimum atomic E-state index is -0.330. The number of nitrogens with zero attached hydrogens (tertiary/aromatic N) is 2. The zero-order valence-corrected chi connectivity index (χ0v) is 19.6. The summed E-state index contributed by atoms with van der Waals surface area (Å²) in [5.41, 5.74) is 3.59. The van der Waals surface area contributed by atoms with Crippen molar-refractivity contribution >= 4 is 38.9 Å². The summed E-state index contributed by atoms with van der Waals surface area (Å²) >= 11 is 9.34. The number of hydrogen-bond donors (Lipinski definition) is 2. The number of pyridine rings is 1. The van der Waals surface area contributed by atoms with E-state index in [-0.39, 0.29) is 17.8 Å². The Hall–Kier alpha value is -3.16. The molecule has 0 bridgehead atoms. The summed E-state index contributed by atoms with van der Waals surface area (Å²) in [6, 6.07) is 22.5. The number of rotatable bonds is 4. The van der Waals surface area contributed by atoms with Gasteiger partial charge in [-0.05, 0) is 73.2 Å². The van der Waals surface area contributed by atoms with Crippen LogP contribution in [0.3, 0.4) is 0 Å². The number of phenolic OH excluding ortho intramolecular Hbond substituents is 1. The molecule has 1 aliphatic heterocycles. The SMILES string of the molecule is Cc1ccc(-c2ccc([C@H]3[C@@H](c4ccccn4)NC(=S)N3c3ccccc3O)o2)c(Br)c1. The fraction of sp³-hybridized carbons (Fsp3) is 0.120. The zero-order valence-electron chi connectivity index (χ0n) is 17.2. The van der Waals surface area contributed by atoms with Gasteiger partial charge in [0.2, 0.25) is 0 Å². The highest BCUT2D eigenvalue weighted by Gasteiger charge is 2.43. The molecule has 160 valence electrons. The molecule has 2 N–H and O–H groups in total. The number of phenols is 1. The van der Waals surface area contributed by atoms with Crippen LogP contribution in [0.15, 0.2) is 87.9 Å². The van der Waals surface area contributed by atoms with Crippen molar-refractivity contribution < 1.29 is 9.52 Å². The van der Waals surface area contributed by atoms with Crippen molar-refractivity contribution in [3.05, 3.63) is 100 Å². The van der Waals surface area contributed by atoms with E-state index in [0.29, 0.717) is 10.8 Å². The monoisotopic (exact) mass is 505 g/mol. The van der Waals surface area contributed by atoms with Gasteiger partial charge in [-0.25, -0.2) is 0 Å². The van der Waals surface area contributed by atoms with Crippen LogP contribution in [-0.4, -0.2) is 15.2 Å². The van der Waals surface area contributed by atoms with E-state index >= 15 is 0 Å². The number of aromatic nitrogens is 1. The summed E-state index contributed by atoms with van der Waals surface area (Å²) in [6.45, 7) is 2.05. The van der Waals surface area contributed by atoms with E-state index in [1.807, 2.05) is 53.4 Å². The first-order valence-electron chi connectivity index (χ1n) is 10.2. The lowest BCUT2D eigenvalue weighted by Gasteiger charge is -2.26. The van der Waals surface area contributed by atoms with Crippen LogP contribution in [0, 0.1) is 6.92 Å². The summed E-state index contributed by atoms with van der Waals surface area (Å²) in [4.78, 5) is 6.45. The molecular formula is C25H20BrN3O2S. The first-order chi connectivity index (χ1) is 15.5. The third kappa shape index (κ3) is 3.67. The maximum atomic E-state index is 10.6. The van der Waals surface area contributed by atoms with Gasteiger partial charge in [0.05, 0.1) is 17.4 Å². The average molecular weight is 506 g/mol. The fourth-order valence-electron chi connectivity index (χ4n) is 4.05. The number of halogens is 1. The molecule has 5 rings (SSSR count). The normalized spacial score (nSPS) is 18.1. The predicted octanol–water partition coefficient (Wildman–Crippen LogP) is 6.30. The summed E-state index contributed by atoms with van der Waals surface area (Å²) in [5, 5.41) is 14.5. The third-order valence-corrected chi connectivity index (χ3v) is 6.52. The Kier molecular flexibility index (Phi) is 5.45. The summed E-state index contributed by atoms with van der Waals surface area (Å²) in [6.07, 6.45) is 1.76. The van der Waals surface area contributed by atoms with Crippen molar-refractivity contribution in [2.24, 2.45) is 0 Å². The number of thiocarbonyl (C=S) groups is 1. The van der Waals surface area contributed by atoms with Gasteiger partial charge in [0.15, 0.2) is 5.11 Å². The van der Waals surface area contributed by atoms with Crippen LogP contribution in [0.4, 0.5) is 5.69 Å². The quantitative estimate of drug-likeness (QED) is 0.317. The van der Waals surface area contributed by atoms with Gasteiger partial charge in [-0.1, -0.05) is 40.2 Å². The number of aromatic hydroxyl groups is 1. The molecule has 1 aliphatic rings. The number of furan rings is 1. The summed E-state index contributed by atoms with van der Waals surface area (Å²) in [5.74, 6) is 1.62. The summed E-state index contributed by atoms with van der Waals surface area (Å²) < 4.78 is 7.36. The Labute approximate surface area is 199 Å². The molecule has 2 aromatic heterocycles. The minimum Gasteiger partial charge on any atom is -0.506 e. The van der Waals surface area contributed by atoms with Gasteiger partial charge in [0, 0.05) is 16.2 Å². The molecular weight excluding hydrogens is 486 g/mol. The highest BCUT2D eigenvalue weighted by molar-refractivity contribution is 9.10. The second-order valence-electron chi connectivity index (χ2n) is 7.67. The van der Waals surface area contributed by atoms with Crippen molar-refractivity contribution in [3.63, 3.8) is 0 Å². The fourth-order valence-corrected chi connectivity index (χ4v) is 5.08. The minimum absolute atomic E-state index is 0.149. The molecule has 0 spiro atoms. The Bertz CT molecular complexity index is 1290. The molecule has 0 unspecified atom stereocenters. The van der Waals surface area contributed by atoms with Crippen molar-refractivity contribution in [1.82, 2.24) is 10.3 Å². The second-order valence-corrected chi connectivity index (χ2v) is 8.91. The second kappa shape index (κ2) is 8.41. The topological polar surface area (TPSA) is 61.5 Å². The highest BCUT2D eigenvalue weighted by atomic mass is 79.9. The highest BCUT2D eigenvalue weighted by Crippen LogP contribution is 2.45. The van der Waals surface area contributed by atoms with Gasteiger partial charge in [-0.2, -0.15) is 0 Å². The van der Waals surface area contributed by atoms with E-state index in [0.717, 1.165) is 27.3 Å². The van der Waals surface area contributed by atoms with Crippen LogP contribution in [0.1, 0.15) is 29.1 Å². The number of aryl methyl sites for hydroxylation is 1. The van der Waals surface area contributed by atoms with Crippen LogP contribution in [0.25, 0.3) is 11.3 Å². The smallest absolute Gasteiger partial charge is 0.174 e. The van der Waals surface area contributed by atoms with Crippen LogP contribution in [0.2, 0.25) is 0 Å². The van der Waals surface area contributed by atoms with E-state index in [2.05, 4.69) is 45.3 Å². The number of hydrogen-bond acceptors (Lipinski definition) is 4. The molecule has 4 aromatic rings. The van der Waals surface area contributed by atoms with Crippen molar-refractivity contribution in [2.45, 2.75) is 19.0 Å². The van der Waals surface area contributed by atoms with E-state index in [9.17, 15) is 5.11 Å². The van der Waals surface area contributed by atoms with Gasteiger partial charge in [-0.15, -0.1) is 0 Å². The van der Waals surface area contributed by atoms with Gasteiger partial charge in [0.1, 0.15) is 23.3 Å². The van der Waals surface area contributed by atoms with Crippen LogP contribution in [0.5, 0.6) is 5.75 Å². The van der Waals surface area contributed by atoms with Gasteiger partial charge >= 0.3 is 0 Å². The Morgan fingerprint density at radius 1 is 1.06 bits per heavy atom. The number of anilines is 1. The average Bonchev–Trinajstić information content (AvgIpc) is 3.39. The maximum absolute atomic E-state index is 10.6. The summed E-state index contributed by atoms with van der Waals surface area (Å²) in [7, 11) is 0. The largest absolute Gasteiger partial charge is 0.506 e. The van der Waals surface area contributed by atoms with Crippen molar-refractivity contribution in [1.29, 1.82) is 0 Å². The van der Waals surface area contributed by atoms with Crippen LogP contribution < -0.4 is 10.2 Å². The number of para-hydroxylation sites is 2. The molecule has 32 heavy (non-hydrogen) atoms. The van der Waals surface area contributed by atoms with E-state index < -0.39 is 0 Å². The molecule has 1 saturated heterocycles. The Balaban J connectivity index is 1.62. The van der Waals surface area contributed by atoms with Crippen molar-refractivity contribution in [3.8, 4) is 17.1 Å². The molecule has 7 heteroatoms. The molecule has 0 radical (unpaired) electrons. The maximum Gasteiger partial charge on any atom is 0.174 e. The molecule has 1 fully saturated rings. The molecule has 2 atom stereocenters. The van der Waals surface area contributed by atoms with Crippen LogP contribution >= 0.6 is 28.1 Å². The van der Waals surface area contributed by atoms with E-state index in [1.54, 1.807) is 18.3 Å². The number of nitrogens with one attached hydrogen (secondary N) is 1. The van der Waals surface area contributed by atoms with Crippen LogP contribution in [-0.2, 0) is 0 Å². The standard InChI is InChI=1S/C25H20BrN3O2S/c1-15-9-10-16(17(26)14-15)21-11-12-22(31-21)24-23(18-6-4-5-13-27-18)28-25(32)29(24)19-7-2-3-8-20(19)30/h2-14,23-24,30H,1H3,(H,28,32)/t23-,24+/m1/s1. The lowest BCUT2D eigenvalue weighted by Crippen LogP contribution is -2.29. The molecule has 0 amide bonds. The van der Waals surface area contributed by atoms with Crippen molar-refractivity contribution in [2.75, 3.05) is 4.90 Å². The predicted molar refractivity (Wildman–Crippen MR) is 133 cm³/mol. The Morgan fingerprint density at radius 2 is 1.88 bits per heavy atom. The molecule has 3 heterocycles. The lowest BCUT2D eigenvalue weighted by atomic mass is 10.0. The first kappa shape index (κ1) is 20.7. The Morgan fingerprint density at radius 3 is 2.62 bits per heavy atom. The lowest BCUT2D eigenvalue weighted by molar-refractivity contribution is 0.434. The van der Waals surface area contributed by atoms with Gasteiger partial charge in [-0.3, -0.25) is 4.98 Å². The molecule has 5 nitrogen and oxygen atoms in total. The molecule has 2 aromatic carbocycles. The molecule has 0 saturated carbocycles. The van der Waals surface area contributed by atoms with Gasteiger partial charge < -0.3 is 19.7 Å².